The summed E-state index contributed by atoms with van der Waals surface area (Å²) in [6, 6.07) is 39.1. The van der Waals surface area contributed by atoms with Crippen molar-refractivity contribution in [3.63, 3.8) is 0 Å². The van der Waals surface area contributed by atoms with Crippen molar-refractivity contribution in [3.8, 4) is 22.3 Å². The quantitative estimate of drug-likeness (QED) is 0.297. The van der Waals surface area contributed by atoms with Crippen LogP contribution < -0.4 is 0 Å². The predicted octanol–water partition coefficient (Wildman–Crippen LogP) is 7.33. The summed E-state index contributed by atoms with van der Waals surface area (Å²) in [6.45, 7) is 0. The lowest BCUT2D eigenvalue weighted by molar-refractivity contribution is 1.64. The first-order chi connectivity index (χ1) is 12.9. The highest BCUT2D eigenvalue weighted by Gasteiger charge is 2.09. The molecule has 0 spiro atoms. The molecule has 0 aliphatic carbocycles. The van der Waals surface area contributed by atoms with Crippen LogP contribution in [0.25, 0.3) is 43.8 Å². The van der Waals surface area contributed by atoms with Crippen molar-refractivity contribution < 1.29 is 0 Å². The molecule has 0 fully saturated rings. The number of fused-ring (bicyclic) bond motifs is 3. The van der Waals surface area contributed by atoms with E-state index >= 15 is 0 Å². The molecule has 26 heavy (non-hydrogen) atoms. The molecule has 0 atom stereocenters. The summed E-state index contributed by atoms with van der Waals surface area (Å²) in [4.78, 5) is 0. The van der Waals surface area contributed by atoms with E-state index in [1.807, 2.05) is 0 Å². The fourth-order valence-corrected chi connectivity index (χ4v) is 3.78. The second-order valence-corrected chi connectivity index (χ2v) is 6.64. The molecule has 0 bridgehead atoms. The number of hydrogen-bond donors (Lipinski definition) is 0. The zero-order valence-electron chi connectivity index (χ0n) is 14.4. The molecule has 122 valence electrons. The van der Waals surface area contributed by atoms with Crippen LogP contribution in [0, 0.1) is 0 Å². The van der Waals surface area contributed by atoms with Crippen molar-refractivity contribution >= 4 is 21.5 Å². The molecule has 0 nitrogen and oxygen atoms in total. The highest BCUT2D eigenvalue weighted by Crippen LogP contribution is 2.36. The fraction of sp³-hybridized carbons (Fsp3) is 0. The van der Waals surface area contributed by atoms with Crippen LogP contribution in [-0.4, -0.2) is 0 Å². The smallest absolute Gasteiger partial charge is 0.00266 e. The van der Waals surface area contributed by atoms with Crippen molar-refractivity contribution in [2.24, 2.45) is 0 Å². The molecule has 5 aromatic carbocycles. The topological polar surface area (TPSA) is 0 Å². The normalized spacial score (nSPS) is 11.1. The number of hydrogen-bond acceptors (Lipinski definition) is 0. The van der Waals surface area contributed by atoms with E-state index in [-0.39, 0.29) is 0 Å². The zero-order valence-corrected chi connectivity index (χ0v) is 14.4. The highest BCUT2D eigenvalue weighted by molar-refractivity contribution is 6.15. The maximum Gasteiger partial charge on any atom is -0.00266 e. The molecule has 0 amide bonds. The Morgan fingerprint density at radius 1 is 0.385 bits per heavy atom. The van der Waals surface area contributed by atoms with Gasteiger partial charge < -0.3 is 0 Å². The minimum absolute atomic E-state index is 1.25. The Morgan fingerprint density at radius 3 is 1.81 bits per heavy atom. The molecular formula is C26H18. The van der Waals surface area contributed by atoms with Crippen LogP contribution >= 0.6 is 0 Å². The lowest BCUT2D eigenvalue weighted by Crippen LogP contribution is -1.85. The van der Waals surface area contributed by atoms with E-state index in [9.17, 15) is 0 Å². The van der Waals surface area contributed by atoms with Crippen LogP contribution in [0.2, 0.25) is 0 Å². The Bertz CT molecular complexity index is 1200. The SMILES string of the molecule is c1ccc(-c2ccc3ccc4cccc(-c5ccccc5)c4c3c2)cc1. The molecule has 0 aromatic heterocycles. The second-order valence-electron chi connectivity index (χ2n) is 6.64. The molecule has 0 N–H and O–H groups in total. The van der Waals surface area contributed by atoms with Crippen LogP contribution in [0.3, 0.4) is 0 Å². The predicted molar refractivity (Wildman–Crippen MR) is 112 cm³/mol. The van der Waals surface area contributed by atoms with Crippen molar-refractivity contribution in [1.29, 1.82) is 0 Å². The summed E-state index contributed by atoms with van der Waals surface area (Å²) < 4.78 is 0. The van der Waals surface area contributed by atoms with Gasteiger partial charge >= 0.3 is 0 Å². The minimum Gasteiger partial charge on any atom is -0.0622 e. The first kappa shape index (κ1) is 14.9. The molecule has 0 saturated heterocycles. The first-order valence-electron chi connectivity index (χ1n) is 8.96. The number of benzene rings is 5. The molecule has 0 aliphatic heterocycles. The van der Waals surface area contributed by atoms with Crippen LogP contribution in [0.5, 0.6) is 0 Å². The Hall–Kier alpha value is -3.38. The maximum absolute atomic E-state index is 2.33. The van der Waals surface area contributed by atoms with E-state index in [0.717, 1.165) is 0 Å². The van der Waals surface area contributed by atoms with Gasteiger partial charge in [0, 0.05) is 0 Å². The van der Waals surface area contributed by atoms with E-state index < -0.39 is 0 Å². The van der Waals surface area contributed by atoms with Crippen molar-refractivity contribution in [1.82, 2.24) is 0 Å². The Labute approximate surface area is 153 Å². The first-order valence-corrected chi connectivity index (χ1v) is 8.96. The van der Waals surface area contributed by atoms with Crippen molar-refractivity contribution in [3.05, 3.63) is 109 Å². The van der Waals surface area contributed by atoms with Gasteiger partial charge in [0.25, 0.3) is 0 Å². The molecule has 0 saturated carbocycles. The molecule has 0 unspecified atom stereocenters. The standard InChI is InChI=1S/C26H18/c1-3-8-19(9-4-1)23-17-15-21-14-16-22-12-7-13-24(26(22)25(21)18-23)20-10-5-2-6-11-20/h1-18H. The van der Waals surface area contributed by atoms with Gasteiger partial charge in [0.15, 0.2) is 0 Å². The van der Waals surface area contributed by atoms with Crippen LogP contribution in [0.1, 0.15) is 0 Å². The van der Waals surface area contributed by atoms with Gasteiger partial charge in [-0.15, -0.1) is 0 Å². The highest BCUT2D eigenvalue weighted by atomic mass is 14.1. The third-order valence-electron chi connectivity index (χ3n) is 5.05. The van der Waals surface area contributed by atoms with Gasteiger partial charge in [-0.25, -0.2) is 0 Å². The maximum atomic E-state index is 2.33. The molecule has 0 heterocycles. The Morgan fingerprint density at radius 2 is 1.04 bits per heavy atom. The van der Waals surface area contributed by atoms with Gasteiger partial charge in [-0.1, -0.05) is 103 Å². The summed E-state index contributed by atoms with van der Waals surface area (Å²) in [5.74, 6) is 0. The zero-order chi connectivity index (χ0) is 17.3. The fourth-order valence-electron chi connectivity index (χ4n) is 3.78. The van der Waals surface area contributed by atoms with Gasteiger partial charge in [-0.2, -0.15) is 0 Å². The number of rotatable bonds is 2. The third kappa shape index (κ3) is 2.48. The van der Waals surface area contributed by atoms with Crippen molar-refractivity contribution in [2.45, 2.75) is 0 Å². The summed E-state index contributed by atoms with van der Waals surface area (Å²) in [6.07, 6.45) is 0. The Balaban J connectivity index is 1.86. The van der Waals surface area contributed by atoms with Crippen LogP contribution in [0.4, 0.5) is 0 Å². The van der Waals surface area contributed by atoms with E-state index in [1.165, 1.54) is 43.8 Å². The molecular weight excluding hydrogens is 312 g/mol. The van der Waals surface area contributed by atoms with Crippen molar-refractivity contribution in [2.75, 3.05) is 0 Å². The second kappa shape index (κ2) is 6.16. The van der Waals surface area contributed by atoms with Gasteiger partial charge in [0.05, 0.1) is 0 Å². The molecule has 0 radical (unpaired) electrons. The van der Waals surface area contributed by atoms with Gasteiger partial charge in [-0.3, -0.25) is 0 Å². The lowest BCUT2D eigenvalue weighted by atomic mass is 9.92. The lowest BCUT2D eigenvalue weighted by Gasteiger charge is -2.12. The largest absolute Gasteiger partial charge is 0.0622 e. The minimum atomic E-state index is 1.25. The summed E-state index contributed by atoms with van der Waals surface area (Å²) in [5, 5.41) is 5.20. The Kier molecular flexibility index (Phi) is 3.54. The van der Waals surface area contributed by atoms with E-state index in [2.05, 4.69) is 109 Å². The van der Waals surface area contributed by atoms with Crippen LogP contribution in [0.15, 0.2) is 109 Å². The summed E-state index contributed by atoms with van der Waals surface area (Å²) in [7, 11) is 0. The van der Waals surface area contributed by atoms with Crippen LogP contribution in [-0.2, 0) is 0 Å². The van der Waals surface area contributed by atoms with E-state index in [1.54, 1.807) is 0 Å². The van der Waals surface area contributed by atoms with Gasteiger partial charge in [-0.05, 0) is 49.9 Å². The summed E-state index contributed by atoms with van der Waals surface area (Å²) in [5.41, 5.74) is 5.06. The third-order valence-corrected chi connectivity index (χ3v) is 5.05. The molecule has 0 aliphatic rings. The van der Waals surface area contributed by atoms with Gasteiger partial charge in [0.1, 0.15) is 0 Å². The summed E-state index contributed by atoms with van der Waals surface area (Å²) >= 11 is 0. The van der Waals surface area contributed by atoms with E-state index in [4.69, 9.17) is 0 Å². The average Bonchev–Trinajstić information content (AvgIpc) is 2.74. The molecule has 0 heteroatoms. The average molecular weight is 330 g/mol. The molecule has 5 rings (SSSR count). The van der Waals surface area contributed by atoms with E-state index in [0.29, 0.717) is 0 Å². The molecule has 5 aromatic rings. The van der Waals surface area contributed by atoms with Gasteiger partial charge in [0.2, 0.25) is 0 Å². The monoisotopic (exact) mass is 330 g/mol.